The molecule has 6 nitrogen and oxygen atoms in total. The number of carbonyl (C=O) groups is 1. The second-order valence-electron chi connectivity index (χ2n) is 7.60. The average Bonchev–Trinajstić information content (AvgIpc) is 3.09. The molecular weight excluding hydrogens is 374 g/mol. The number of hydrogen-bond donors (Lipinski definition) is 0. The van der Waals surface area contributed by atoms with Crippen molar-refractivity contribution in [2.24, 2.45) is 0 Å². The van der Waals surface area contributed by atoms with Crippen molar-refractivity contribution in [2.45, 2.75) is 19.5 Å². The lowest BCUT2D eigenvalue weighted by Crippen LogP contribution is -2.34. The van der Waals surface area contributed by atoms with E-state index in [9.17, 15) is 4.79 Å². The molecule has 0 N–H and O–H groups in total. The van der Waals surface area contributed by atoms with Crippen LogP contribution in [0.3, 0.4) is 0 Å². The molecule has 0 unspecified atom stereocenters. The van der Waals surface area contributed by atoms with Crippen molar-refractivity contribution in [1.82, 2.24) is 24.8 Å². The third kappa shape index (κ3) is 5.64. The first-order valence-electron chi connectivity index (χ1n) is 10.4. The Morgan fingerprint density at radius 2 is 1.57 bits per heavy atom. The van der Waals surface area contributed by atoms with Gasteiger partial charge in [-0.1, -0.05) is 65.9 Å². The molecule has 2 aromatic carbocycles. The maximum absolute atomic E-state index is 12.7. The van der Waals surface area contributed by atoms with E-state index in [1.54, 1.807) is 16.8 Å². The zero-order valence-electron chi connectivity index (χ0n) is 17.1. The van der Waals surface area contributed by atoms with Crippen LogP contribution in [0, 0.1) is 0 Å². The summed E-state index contributed by atoms with van der Waals surface area (Å²) in [6.45, 7) is 5.03. The van der Waals surface area contributed by atoms with Crippen LogP contribution in [0.25, 0.3) is 6.08 Å². The lowest BCUT2D eigenvalue weighted by Gasteiger charge is -2.21. The number of benzene rings is 2. The minimum absolute atomic E-state index is 0.0363. The number of amides is 1. The minimum atomic E-state index is 0.0363. The van der Waals surface area contributed by atoms with E-state index in [0.29, 0.717) is 12.2 Å². The summed E-state index contributed by atoms with van der Waals surface area (Å²) in [7, 11) is 0. The SMILES string of the molecule is O=C(/C=C/c1cn(Cc2ccccc2)nn1)N1CCCN(Cc2ccccc2)CC1. The lowest BCUT2D eigenvalue weighted by molar-refractivity contribution is -0.125. The van der Waals surface area contributed by atoms with Gasteiger partial charge in [0.05, 0.1) is 12.7 Å². The Bertz CT molecular complexity index is 968. The van der Waals surface area contributed by atoms with E-state index in [2.05, 4.69) is 51.6 Å². The highest BCUT2D eigenvalue weighted by Gasteiger charge is 2.17. The van der Waals surface area contributed by atoms with Crippen molar-refractivity contribution in [2.75, 3.05) is 26.2 Å². The van der Waals surface area contributed by atoms with Crippen LogP contribution in [0.1, 0.15) is 23.2 Å². The van der Waals surface area contributed by atoms with E-state index in [-0.39, 0.29) is 5.91 Å². The molecule has 0 atom stereocenters. The van der Waals surface area contributed by atoms with E-state index in [1.807, 2.05) is 35.4 Å². The maximum Gasteiger partial charge on any atom is 0.246 e. The molecule has 1 aromatic heterocycles. The Morgan fingerprint density at radius 1 is 0.867 bits per heavy atom. The van der Waals surface area contributed by atoms with Crippen molar-refractivity contribution in [3.63, 3.8) is 0 Å². The molecule has 0 saturated carbocycles. The highest BCUT2D eigenvalue weighted by atomic mass is 16.2. The summed E-state index contributed by atoms with van der Waals surface area (Å²) in [5.41, 5.74) is 3.18. The van der Waals surface area contributed by atoms with Crippen molar-refractivity contribution in [1.29, 1.82) is 0 Å². The summed E-state index contributed by atoms with van der Waals surface area (Å²) in [6, 6.07) is 20.6. The van der Waals surface area contributed by atoms with Gasteiger partial charge in [0.1, 0.15) is 5.69 Å². The highest BCUT2D eigenvalue weighted by molar-refractivity contribution is 5.91. The van der Waals surface area contributed by atoms with E-state index in [1.165, 1.54) is 11.1 Å². The van der Waals surface area contributed by atoms with Gasteiger partial charge in [-0.3, -0.25) is 9.69 Å². The van der Waals surface area contributed by atoms with Crippen LogP contribution in [-0.4, -0.2) is 56.9 Å². The van der Waals surface area contributed by atoms with Crippen molar-refractivity contribution in [3.8, 4) is 0 Å². The molecule has 0 bridgehead atoms. The predicted octanol–water partition coefficient (Wildman–Crippen LogP) is 3.07. The van der Waals surface area contributed by atoms with Crippen LogP contribution < -0.4 is 0 Å². The Kier molecular flexibility index (Phi) is 6.67. The Balaban J connectivity index is 1.29. The molecule has 0 radical (unpaired) electrons. The topological polar surface area (TPSA) is 54.3 Å². The molecule has 1 aliphatic rings. The Hall–Kier alpha value is -3.25. The van der Waals surface area contributed by atoms with Crippen LogP contribution >= 0.6 is 0 Å². The van der Waals surface area contributed by atoms with Crippen LogP contribution in [0.2, 0.25) is 0 Å². The molecule has 154 valence electrons. The van der Waals surface area contributed by atoms with Gasteiger partial charge in [-0.05, 0) is 23.6 Å². The third-order valence-electron chi connectivity index (χ3n) is 5.29. The first-order chi connectivity index (χ1) is 14.8. The summed E-state index contributed by atoms with van der Waals surface area (Å²) in [4.78, 5) is 17.0. The fourth-order valence-corrected chi connectivity index (χ4v) is 3.69. The van der Waals surface area contributed by atoms with E-state index in [0.717, 1.165) is 39.1 Å². The number of carbonyl (C=O) groups excluding carboxylic acids is 1. The molecule has 0 aliphatic carbocycles. The van der Waals surface area contributed by atoms with Crippen molar-refractivity contribution in [3.05, 3.63) is 89.8 Å². The summed E-state index contributed by atoms with van der Waals surface area (Å²) < 4.78 is 1.78. The molecule has 2 heterocycles. The monoisotopic (exact) mass is 401 g/mol. The molecular formula is C24H27N5O. The number of aromatic nitrogens is 3. The second-order valence-corrected chi connectivity index (χ2v) is 7.60. The van der Waals surface area contributed by atoms with Gasteiger partial charge in [0.15, 0.2) is 0 Å². The van der Waals surface area contributed by atoms with Crippen LogP contribution in [0.4, 0.5) is 0 Å². The number of nitrogens with zero attached hydrogens (tertiary/aromatic N) is 5. The van der Waals surface area contributed by atoms with Crippen molar-refractivity contribution < 1.29 is 4.79 Å². The minimum Gasteiger partial charge on any atom is -0.338 e. The molecule has 30 heavy (non-hydrogen) atoms. The third-order valence-corrected chi connectivity index (χ3v) is 5.29. The molecule has 3 aromatic rings. The van der Waals surface area contributed by atoms with Gasteiger partial charge >= 0.3 is 0 Å². The molecule has 1 amide bonds. The lowest BCUT2D eigenvalue weighted by atomic mass is 10.2. The van der Waals surface area contributed by atoms with Gasteiger partial charge in [-0.2, -0.15) is 0 Å². The predicted molar refractivity (Wildman–Crippen MR) is 118 cm³/mol. The van der Waals surface area contributed by atoms with Crippen LogP contribution in [0.5, 0.6) is 0 Å². The molecule has 0 spiro atoms. The second kappa shape index (κ2) is 9.98. The fourth-order valence-electron chi connectivity index (χ4n) is 3.69. The maximum atomic E-state index is 12.7. The zero-order chi connectivity index (χ0) is 20.6. The molecule has 6 heteroatoms. The standard InChI is InChI=1S/C24H27N5O/c30-24(13-12-23-20-29(26-25-23)19-22-10-5-2-6-11-22)28-15-7-14-27(16-17-28)18-21-8-3-1-4-9-21/h1-6,8-13,20H,7,14-19H2/b13-12+. The van der Waals surface area contributed by atoms with Gasteiger partial charge in [0, 0.05) is 38.8 Å². The molecule has 1 aliphatic heterocycles. The highest BCUT2D eigenvalue weighted by Crippen LogP contribution is 2.10. The van der Waals surface area contributed by atoms with Gasteiger partial charge in [0.25, 0.3) is 0 Å². The molecule has 4 rings (SSSR count). The molecule has 1 saturated heterocycles. The van der Waals surface area contributed by atoms with E-state index >= 15 is 0 Å². The summed E-state index contributed by atoms with van der Waals surface area (Å²) >= 11 is 0. The van der Waals surface area contributed by atoms with E-state index in [4.69, 9.17) is 0 Å². The first-order valence-corrected chi connectivity index (χ1v) is 10.4. The quantitative estimate of drug-likeness (QED) is 0.596. The normalized spacial score (nSPS) is 15.4. The zero-order valence-corrected chi connectivity index (χ0v) is 17.1. The summed E-state index contributed by atoms with van der Waals surface area (Å²) in [5, 5.41) is 8.30. The molecule has 1 fully saturated rings. The van der Waals surface area contributed by atoms with Gasteiger partial charge in [0.2, 0.25) is 5.91 Å². The number of hydrogen-bond acceptors (Lipinski definition) is 4. The number of rotatable bonds is 6. The van der Waals surface area contributed by atoms with Gasteiger partial charge < -0.3 is 4.90 Å². The Labute approximate surface area is 177 Å². The van der Waals surface area contributed by atoms with Crippen LogP contribution in [0.15, 0.2) is 72.9 Å². The summed E-state index contributed by atoms with van der Waals surface area (Å²) in [5.74, 6) is 0.0363. The van der Waals surface area contributed by atoms with Crippen LogP contribution in [-0.2, 0) is 17.9 Å². The average molecular weight is 402 g/mol. The fraction of sp³-hybridized carbons (Fsp3) is 0.292. The Morgan fingerprint density at radius 3 is 2.30 bits per heavy atom. The summed E-state index contributed by atoms with van der Waals surface area (Å²) in [6.07, 6.45) is 6.22. The largest absolute Gasteiger partial charge is 0.338 e. The van der Waals surface area contributed by atoms with Crippen molar-refractivity contribution >= 4 is 12.0 Å². The first kappa shape index (κ1) is 20.0. The van der Waals surface area contributed by atoms with E-state index < -0.39 is 0 Å². The van der Waals surface area contributed by atoms with Gasteiger partial charge in [-0.15, -0.1) is 5.10 Å². The van der Waals surface area contributed by atoms with Gasteiger partial charge in [-0.25, -0.2) is 4.68 Å². The smallest absolute Gasteiger partial charge is 0.246 e.